The first-order valence-electron chi connectivity index (χ1n) is 8.11. The van der Waals surface area contributed by atoms with E-state index in [0.717, 1.165) is 22.3 Å². The molecule has 134 valence electrons. The number of methoxy groups -OCH3 is 1. The van der Waals surface area contributed by atoms with Crippen LogP contribution < -0.4 is 9.64 Å². The van der Waals surface area contributed by atoms with Crippen LogP contribution in [0.3, 0.4) is 0 Å². The minimum absolute atomic E-state index is 0.409. The molecule has 0 aliphatic carbocycles. The van der Waals surface area contributed by atoms with Crippen molar-refractivity contribution in [1.29, 1.82) is 0 Å². The Bertz CT molecular complexity index is 928. The van der Waals surface area contributed by atoms with E-state index in [1.54, 1.807) is 6.92 Å². The van der Waals surface area contributed by atoms with Crippen LogP contribution in [0.25, 0.3) is 10.9 Å². The molecule has 1 aromatic heterocycles. The van der Waals surface area contributed by atoms with E-state index >= 15 is 0 Å². The minimum atomic E-state index is -0.653. The van der Waals surface area contributed by atoms with Crippen molar-refractivity contribution in [3.8, 4) is 5.75 Å². The van der Waals surface area contributed by atoms with Gasteiger partial charge in [0.25, 0.3) is 0 Å². The van der Waals surface area contributed by atoms with E-state index < -0.39 is 12.1 Å². The second-order valence-corrected chi connectivity index (χ2v) is 6.30. The van der Waals surface area contributed by atoms with Crippen molar-refractivity contribution < 1.29 is 14.3 Å². The molecule has 6 heteroatoms. The SMILES string of the molecule is COC(=O)C(C)Oc1ccc(N(C)c2cnc3cc(Cl)ccc3c2)cc1. The average molecular weight is 371 g/mol. The summed E-state index contributed by atoms with van der Waals surface area (Å²) in [5, 5.41) is 1.69. The fraction of sp³-hybridized carbons (Fsp3) is 0.200. The molecule has 0 aliphatic heterocycles. The highest BCUT2D eigenvalue weighted by Gasteiger charge is 2.15. The van der Waals surface area contributed by atoms with Crippen molar-refractivity contribution in [2.45, 2.75) is 13.0 Å². The Hall–Kier alpha value is -2.79. The van der Waals surface area contributed by atoms with Gasteiger partial charge in [-0.1, -0.05) is 17.7 Å². The van der Waals surface area contributed by atoms with Gasteiger partial charge in [0, 0.05) is 23.1 Å². The predicted octanol–water partition coefficient (Wildman–Crippen LogP) is 4.60. The summed E-state index contributed by atoms with van der Waals surface area (Å²) in [6.07, 6.45) is 1.16. The van der Waals surface area contributed by atoms with Gasteiger partial charge >= 0.3 is 5.97 Å². The third-order valence-electron chi connectivity index (χ3n) is 4.09. The van der Waals surface area contributed by atoms with Crippen molar-refractivity contribution in [1.82, 2.24) is 4.98 Å². The second kappa shape index (κ2) is 7.62. The van der Waals surface area contributed by atoms with Crippen molar-refractivity contribution >= 4 is 39.8 Å². The molecule has 0 saturated heterocycles. The quantitative estimate of drug-likeness (QED) is 0.614. The summed E-state index contributed by atoms with van der Waals surface area (Å²) >= 11 is 6.01. The molecule has 1 unspecified atom stereocenters. The van der Waals surface area contributed by atoms with Crippen LogP contribution in [0.2, 0.25) is 5.02 Å². The first-order valence-corrected chi connectivity index (χ1v) is 8.49. The molecule has 26 heavy (non-hydrogen) atoms. The number of esters is 1. The van der Waals surface area contributed by atoms with Gasteiger partial charge in [-0.25, -0.2) is 4.79 Å². The van der Waals surface area contributed by atoms with Crippen LogP contribution in [0.4, 0.5) is 11.4 Å². The number of hydrogen-bond donors (Lipinski definition) is 0. The van der Waals surface area contributed by atoms with Gasteiger partial charge in [0.05, 0.1) is 24.5 Å². The molecular formula is C20H19ClN2O3. The Balaban J connectivity index is 1.78. The topological polar surface area (TPSA) is 51.7 Å². The lowest BCUT2D eigenvalue weighted by Crippen LogP contribution is -2.24. The van der Waals surface area contributed by atoms with Crippen LogP contribution in [0.1, 0.15) is 6.92 Å². The Labute approximate surface area is 157 Å². The van der Waals surface area contributed by atoms with Gasteiger partial charge in [0.15, 0.2) is 6.10 Å². The molecule has 0 saturated carbocycles. The van der Waals surface area contributed by atoms with E-state index in [9.17, 15) is 4.79 Å². The van der Waals surface area contributed by atoms with Gasteiger partial charge in [0.1, 0.15) is 5.75 Å². The normalized spacial score (nSPS) is 11.8. The maximum atomic E-state index is 11.4. The molecule has 3 rings (SSSR count). The number of ether oxygens (including phenoxy) is 2. The molecule has 0 fully saturated rings. The summed E-state index contributed by atoms with van der Waals surface area (Å²) in [5.74, 6) is 0.194. The van der Waals surface area contributed by atoms with Crippen molar-refractivity contribution in [3.63, 3.8) is 0 Å². The number of nitrogens with zero attached hydrogens (tertiary/aromatic N) is 2. The standard InChI is InChI=1S/C20H19ClN2O3/c1-13(20(24)25-3)26-18-8-6-16(7-9-18)23(2)17-10-14-4-5-15(21)11-19(14)22-12-17/h4-13H,1-3H3. The Morgan fingerprint density at radius 1 is 1.12 bits per heavy atom. The number of fused-ring (bicyclic) bond motifs is 1. The molecule has 1 atom stereocenters. The number of carbonyl (C=O) groups excluding carboxylic acids is 1. The van der Waals surface area contributed by atoms with E-state index in [2.05, 4.69) is 15.8 Å². The van der Waals surface area contributed by atoms with Crippen LogP contribution in [-0.2, 0) is 9.53 Å². The van der Waals surface area contributed by atoms with Crippen LogP contribution in [0, 0.1) is 0 Å². The summed E-state index contributed by atoms with van der Waals surface area (Å²) in [6.45, 7) is 1.65. The summed E-state index contributed by atoms with van der Waals surface area (Å²) in [7, 11) is 3.30. The predicted molar refractivity (Wildman–Crippen MR) is 103 cm³/mol. The fourth-order valence-electron chi connectivity index (χ4n) is 2.58. The summed E-state index contributed by atoms with van der Waals surface area (Å²) in [5.41, 5.74) is 2.78. The Kier molecular flexibility index (Phi) is 5.28. The molecule has 5 nitrogen and oxygen atoms in total. The first-order chi connectivity index (χ1) is 12.5. The van der Waals surface area contributed by atoms with E-state index in [1.165, 1.54) is 7.11 Å². The zero-order valence-electron chi connectivity index (χ0n) is 14.8. The molecule has 0 N–H and O–H groups in total. The zero-order chi connectivity index (χ0) is 18.7. The molecule has 0 aliphatic rings. The number of rotatable bonds is 5. The van der Waals surface area contributed by atoms with Crippen LogP contribution >= 0.6 is 11.6 Å². The molecule has 0 bridgehead atoms. The monoisotopic (exact) mass is 370 g/mol. The molecule has 0 spiro atoms. The van der Waals surface area contributed by atoms with Crippen molar-refractivity contribution in [2.75, 3.05) is 19.1 Å². The van der Waals surface area contributed by atoms with Crippen LogP contribution in [0.5, 0.6) is 5.75 Å². The highest BCUT2D eigenvalue weighted by Crippen LogP contribution is 2.28. The van der Waals surface area contributed by atoms with Crippen LogP contribution in [-0.4, -0.2) is 31.2 Å². The summed E-state index contributed by atoms with van der Waals surface area (Å²) in [6, 6.07) is 15.2. The summed E-state index contributed by atoms with van der Waals surface area (Å²) < 4.78 is 10.2. The van der Waals surface area contributed by atoms with E-state index in [1.807, 2.05) is 60.6 Å². The zero-order valence-corrected chi connectivity index (χ0v) is 15.5. The van der Waals surface area contributed by atoms with Crippen LogP contribution in [0.15, 0.2) is 54.7 Å². The lowest BCUT2D eigenvalue weighted by atomic mass is 10.2. The van der Waals surface area contributed by atoms with E-state index in [4.69, 9.17) is 16.3 Å². The first kappa shape index (κ1) is 18.0. The van der Waals surface area contributed by atoms with Gasteiger partial charge in [-0.15, -0.1) is 0 Å². The van der Waals surface area contributed by atoms with Crippen molar-refractivity contribution in [2.24, 2.45) is 0 Å². The number of aromatic nitrogens is 1. The van der Waals surface area contributed by atoms with Gasteiger partial charge in [0.2, 0.25) is 0 Å². The number of benzene rings is 2. The number of carbonyl (C=O) groups is 1. The molecule has 2 aromatic carbocycles. The summed E-state index contributed by atoms with van der Waals surface area (Å²) in [4.78, 5) is 17.9. The molecule has 3 aromatic rings. The molecule has 1 heterocycles. The van der Waals surface area contributed by atoms with Gasteiger partial charge < -0.3 is 14.4 Å². The highest BCUT2D eigenvalue weighted by molar-refractivity contribution is 6.31. The highest BCUT2D eigenvalue weighted by atomic mass is 35.5. The van der Waals surface area contributed by atoms with E-state index in [0.29, 0.717) is 10.8 Å². The second-order valence-electron chi connectivity index (χ2n) is 5.87. The lowest BCUT2D eigenvalue weighted by Gasteiger charge is -2.20. The Morgan fingerprint density at radius 2 is 1.85 bits per heavy atom. The van der Waals surface area contributed by atoms with Gasteiger partial charge in [-0.3, -0.25) is 4.98 Å². The van der Waals surface area contributed by atoms with Gasteiger partial charge in [-0.2, -0.15) is 0 Å². The smallest absolute Gasteiger partial charge is 0.346 e. The number of halogens is 1. The number of pyridine rings is 1. The average Bonchev–Trinajstić information content (AvgIpc) is 2.66. The number of hydrogen-bond acceptors (Lipinski definition) is 5. The molecule has 0 radical (unpaired) electrons. The fourth-order valence-corrected chi connectivity index (χ4v) is 2.75. The molecule has 0 amide bonds. The maximum Gasteiger partial charge on any atom is 0.346 e. The van der Waals surface area contributed by atoms with E-state index in [-0.39, 0.29) is 0 Å². The lowest BCUT2D eigenvalue weighted by molar-refractivity contribution is -0.147. The maximum absolute atomic E-state index is 11.4. The Morgan fingerprint density at radius 3 is 2.54 bits per heavy atom. The molecular weight excluding hydrogens is 352 g/mol. The number of anilines is 2. The third kappa shape index (κ3) is 3.89. The van der Waals surface area contributed by atoms with Gasteiger partial charge in [-0.05, 0) is 49.4 Å². The largest absolute Gasteiger partial charge is 0.479 e. The third-order valence-corrected chi connectivity index (χ3v) is 4.32. The van der Waals surface area contributed by atoms with Crippen molar-refractivity contribution in [3.05, 3.63) is 59.8 Å². The minimum Gasteiger partial charge on any atom is -0.479 e.